The van der Waals surface area contributed by atoms with Crippen LogP contribution in [0, 0.1) is 11.8 Å². The van der Waals surface area contributed by atoms with Crippen LogP contribution >= 0.6 is 0 Å². The van der Waals surface area contributed by atoms with E-state index in [9.17, 15) is 10.2 Å². The molecule has 0 bridgehead atoms. The summed E-state index contributed by atoms with van der Waals surface area (Å²) in [5.74, 6) is 0.957. The first-order valence-corrected chi connectivity index (χ1v) is 10.2. The lowest BCUT2D eigenvalue weighted by Gasteiger charge is -2.25. The molecule has 26 heavy (non-hydrogen) atoms. The van der Waals surface area contributed by atoms with E-state index in [4.69, 9.17) is 4.98 Å². The zero-order valence-electron chi connectivity index (χ0n) is 16.9. The monoisotopic (exact) mass is 363 g/mol. The van der Waals surface area contributed by atoms with Crippen molar-refractivity contribution in [2.75, 3.05) is 13.2 Å². The number of unbranched alkanes of at least 4 members (excludes halogenated alkanes) is 3. The number of nitrogens with one attached hydrogen (secondary N) is 1. The van der Waals surface area contributed by atoms with Crippen LogP contribution in [0.25, 0.3) is 0 Å². The first-order chi connectivity index (χ1) is 12.4. The van der Waals surface area contributed by atoms with E-state index >= 15 is 0 Å². The Bertz CT molecular complexity index is 544. The smallest absolute Gasteiger partial charge is 0.133 e. The van der Waals surface area contributed by atoms with Crippen LogP contribution in [0.15, 0.2) is 12.3 Å². The zero-order chi connectivity index (χ0) is 19.2. The Kier molecular flexibility index (Phi) is 7.99. The van der Waals surface area contributed by atoms with Gasteiger partial charge < -0.3 is 15.5 Å². The molecule has 1 aromatic rings. The third kappa shape index (κ3) is 5.73. The highest BCUT2D eigenvalue weighted by molar-refractivity contribution is 5.11. The van der Waals surface area contributed by atoms with Gasteiger partial charge in [-0.25, -0.2) is 9.97 Å². The van der Waals surface area contributed by atoms with E-state index in [1.54, 1.807) is 0 Å². The van der Waals surface area contributed by atoms with Crippen LogP contribution in [-0.4, -0.2) is 45.5 Å². The van der Waals surface area contributed by atoms with Crippen LogP contribution in [0.4, 0.5) is 0 Å². The normalized spacial score (nSPS) is 26.4. The fourth-order valence-electron chi connectivity index (χ4n) is 3.93. The Hall–Kier alpha value is -1.04. The summed E-state index contributed by atoms with van der Waals surface area (Å²) in [4.78, 5) is 9.17. The van der Waals surface area contributed by atoms with Crippen molar-refractivity contribution in [3.8, 4) is 0 Å². The second-order valence-corrected chi connectivity index (χ2v) is 8.76. The van der Waals surface area contributed by atoms with Gasteiger partial charge in [-0.15, -0.1) is 0 Å². The van der Waals surface area contributed by atoms with Crippen molar-refractivity contribution in [1.29, 1.82) is 0 Å². The van der Waals surface area contributed by atoms with Crippen molar-refractivity contribution in [2.45, 2.75) is 83.8 Å². The summed E-state index contributed by atoms with van der Waals surface area (Å²) in [6.07, 6.45) is 7.78. The highest BCUT2D eigenvalue weighted by Crippen LogP contribution is 2.35. The number of nitrogens with zero attached hydrogens (tertiary/aromatic N) is 2. The highest BCUT2D eigenvalue weighted by Gasteiger charge is 2.41. The minimum Gasteiger partial charge on any atom is -0.396 e. The topological polar surface area (TPSA) is 78.3 Å². The van der Waals surface area contributed by atoms with E-state index in [0.29, 0.717) is 6.42 Å². The molecule has 1 fully saturated rings. The lowest BCUT2D eigenvalue weighted by Crippen LogP contribution is -2.37. The Labute approximate surface area is 158 Å². The summed E-state index contributed by atoms with van der Waals surface area (Å²) in [6, 6.07) is 2.20. The Morgan fingerprint density at radius 3 is 2.62 bits per heavy atom. The second kappa shape index (κ2) is 9.77. The summed E-state index contributed by atoms with van der Waals surface area (Å²) in [7, 11) is 0. The number of aliphatic hydroxyl groups is 2. The van der Waals surface area contributed by atoms with Gasteiger partial charge >= 0.3 is 0 Å². The number of aliphatic hydroxyl groups excluding tert-OH is 2. The molecule has 3 N–H and O–H groups in total. The Morgan fingerprint density at radius 1 is 1.19 bits per heavy atom. The van der Waals surface area contributed by atoms with Crippen molar-refractivity contribution in [2.24, 2.45) is 11.8 Å². The summed E-state index contributed by atoms with van der Waals surface area (Å²) in [5, 5.41) is 23.8. The summed E-state index contributed by atoms with van der Waals surface area (Å²) in [6.45, 7) is 9.56. The predicted octanol–water partition coefficient (Wildman–Crippen LogP) is 2.84. The van der Waals surface area contributed by atoms with E-state index in [2.05, 4.69) is 38.0 Å². The molecule has 1 aliphatic carbocycles. The van der Waals surface area contributed by atoms with Crippen molar-refractivity contribution < 1.29 is 10.2 Å². The van der Waals surface area contributed by atoms with Crippen LogP contribution in [0.5, 0.6) is 0 Å². The number of hydrogen-bond donors (Lipinski definition) is 3. The first-order valence-electron chi connectivity index (χ1n) is 10.2. The van der Waals surface area contributed by atoms with Crippen LogP contribution in [0.2, 0.25) is 0 Å². The predicted molar refractivity (Wildman–Crippen MR) is 105 cm³/mol. The maximum absolute atomic E-state index is 10.4. The molecule has 5 nitrogen and oxygen atoms in total. The molecule has 1 saturated carbocycles. The molecule has 0 unspecified atom stereocenters. The molecule has 1 aromatic heterocycles. The molecule has 0 radical (unpaired) electrons. The van der Waals surface area contributed by atoms with Gasteiger partial charge in [0.05, 0.1) is 6.10 Å². The highest BCUT2D eigenvalue weighted by atomic mass is 16.3. The van der Waals surface area contributed by atoms with Crippen molar-refractivity contribution in [3.63, 3.8) is 0 Å². The fraction of sp³-hybridized carbons (Fsp3) is 0.810. The standard InChI is InChI=1S/C21H37N3O2/c1-5-6-7-8-10-22-18-13-19(26)17(14-25)16(18)12-15-9-11-23-20(24-15)21(2,3)4/h9,11,16-19,22,25-26H,5-8,10,12-14H2,1-4H3/t16-,17-,18-,19-/m1/s1. The Morgan fingerprint density at radius 2 is 1.96 bits per heavy atom. The van der Waals surface area contributed by atoms with Crippen LogP contribution in [-0.2, 0) is 11.8 Å². The third-order valence-electron chi connectivity index (χ3n) is 5.53. The van der Waals surface area contributed by atoms with Gasteiger partial charge in [-0.2, -0.15) is 0 Å². The molecule has 0 spiro atoms. The molecule has 0 amide bonds. The van der Waals surface area contributed by atoms with Gasteiger partial charge in [-0.1, -0.05) is 47.0 Å². The van der Waals surface area contributed by atoms with E-state index in [1.165, 1.54) is 25.7 Å². The Balaban J connectivity index is 2.04. The van der Waals surface area contributed by atoms with Gasteiger partial charge in [0.25, 0.3) is 0 Å². The lowest BCUT2D eigenvalue weighted by molar-refractivity contribution is 0.0716. The van der Waals surface area contributed by atoms with Crippen molar-refractivity contribution in [1.82, 2.24) is 15.3 Å². The first kappa shape index (κ1) is 21.3. The van der Waals surface area contributed by atoms with E-state index < -0.39 is 6.10 Å². The zero-order valence-corrected chi connectivity index (χ0v) is 16.9. The molecule has 2 rings (SSSR count). The number of hydrogen-bond acceptors (Lipinski definition) is 5. The number of rotatable bonds is 9. The van der Waals surface area contributed by atoms with Gasteiger partial charge in [0.15, 0.2) is 0 Å². The van der Waals surface area contributed by atoms with E-state index in [1.807, 2.05) is 12.3 Å². The molecule has 0 saturated heterocycles. The molecular formula is C21H37N3O2. The van der Waals surface area contributed by atoms with Gasteiger partial charge in [0, 0.05) is 35.9 Å². The molecule has 0 aliphatic heterocycles. The quantitative estimate of drug-likeness (QED) is 0.588. The van der Waals surface area contributed by atoms with Crippen molar-refractivity contribution in [3.05, 3.63) is 23.8 Å². The molecule has 1 heterocycles. The van der Waals surface area contributed by atoms with Gasteiger partial charge in [-0.3, -0.25) is 0 Å². The summed E-state index contributed by atoms with van der Waals surface area (Å²) in [5.41, 5.74) is 0.915. The molecule has 1 aliphatic rings. The van der Waals surface area contributed by atoms with E-state index in [-0.39, 0.29) is 29.9 Å². The summed E-state index contributed by atoms with van der Waals surface area (Å²) >= 11 is 0. The molecule has 4 atom stereocenters. The van der Waals surface area contributed by atoms with Crippen LogP contribution < -0.4 is 5.32 Å². The maximum Gasteiger partial charge on any atom is 0.133 e. The molecular weight excluding hydrogens is 326 g/mol. The van der Waals surface area contributed by atoms with Crippen LogP contribution in [0.1, 0.15) is 71.3 Å². The van der Waals surface area contributed by atoms with Gasteiger partial charge in [0.2, 0.25) is 0 Å². The van der Waals surface area contributed by atoms with Crippen LogP contribution in [0.3, 0.4) is 0 Å². The number of aromatic nitrogens is 2. The maximum atomic E-state index is 10.4. The van der Waals surface area contributed by atoms with Crippen molar-refractivity contribution >= 4 is 0 Å². The average Bonchev–Trinajstić information content (AvgIpc) is 2.89. The largest absolute Gasteiger partial charge is 0.396 e. The average molecular weight is 364 g/mol. The third-order valence-corrected chi connectivity index (χ3v) is 5.53. The molecule has 148 valence electrons. The van der Waals surface area contributed by atoms with E-state index in [0.717, 1.165) is 24.5 Å². The van der Waals surface area contributed by atoms with Gasteiger partial charge in [-0.05, 0) is 37.8 Å². The lowest BCUT2D eigenvalue weighted by atomic mass is 9.88. The fourth-order valence-corrected chi connectivity index (χ4v) is 3.93. The molecule has 0 aromatic carbocycles. The minimum absolute atomic E-state index is 0.0249. The van der Waals surface area contributed by atoms with Gasteiger partial charge in [0.1, 0.15) is 5.82 Å². The summed E-state index contributed by atoms with van der Waals surface area (Å²) < 4.78 is 0. The molecule has 5 heteroatoms. The second-order valence-electron chi connectivity index (χ2n) is 8.76. The minimum atomic E-state index is -0.443. The SMILES string of the molecule is CCCCCCN[C@@H]1C[C@@H](O)[C@H](CO)[C@H]1Cc1ccnc(C(C)(C)C)n1.